The first-order valence-corrected chi connectivity index (χ1v) is 6.15. The van der Waals surface area contributed by atoms with Crippen LogP contribution in [-0.4, -0.2) is 30.1 Å². The highest BCUT2D eigenvalue weighted by Crippen LogP contribution is 2.09. The molecule has 0 bridgehead atoms. The fourth-order valence-electron chi connectivity index (χ4n) is 1.49. The molecule has 18 heavy (non-hydrogen) atoms. The Balaban J connectivity index is 2.69. The first-order chi connectivity index (χ1) is 8.56. The van der Waals surface area contributed by atoms with Gasteiger partial charge >= 0.3 is 0 Å². The van der Waals surface area contributed by atoms with Crippen LogP contribution in [0.15, 0.2) is 18.3 Å². The molecule has 0 radical (unpaired) electrons. The predicted octanol–water partition coefficient (Wildman–Crippen LogP) is 1.45. The second-order valence-corrected chi connectivity index (χ2v) is 4.42. The third kappa shape index (κ3) is 4.00. The third-order valence-corrected chi connectivity index (χ3v) is 2.68. The summed E-state index contributed by atoms with van der Waals surface area (Å²) in [5.41, 5.74) is 6.37. The minimum absolute atomic E-state index is 0.0427. The molecule has 5 heteroatoms. The van der Waals surface area contributed by atoms with Gasteiger partial charge in [-0.05, 0) is 25.0 Å². The number of anilines is 1. The van der Waals surface area contributed by atoms with Gasteiger partial charge in [0, 0.05) is 12.8 Å². The van der Waals surface area contributed by atoms with Crippen LogP contribution in [0.2, 0.25) is 0 Å². The maximum absolute atomic E-state index is 12.0. The lowest BCUT2D eigenvalue weighted by atomic mass is 10.1. The lowest BCUT2D eigenvalue weighted by molar-refractivity contribution is 0.0803. The number of rotatable bonds is 6. The van der Waals surface area contributed by atoms with Gasteiger partial charge in [-0.1, -0.05) is 13.8 Å². The van der Waals surface area contributed by atoms with Crippen molar-refractivity contribution in [2.24, 2.45) is 5.92 Å². The number of carbonyl (C=O) groups excluding carboxylic acids is 1. The smallest absolute Gasteiger partial charge is 0.272 e. The second kappa shape index (κ2) is 6.96. The molecule has 100 valence electrons. The van der Waals surface area contributed by atoms with Crippen molar-refractivity contribution in [1.82, 2.24) is 10.3 Å². The van der Waals surface area contributed by atoms with Crippen LogP contribution < -0.4 is 11.1 Å². The third-order valence-electron chi connectivity index (χ3n) is 2.68. The Morgan fingerprint density at radius 1 is 1.56 bits per heavy atom. The molecule has 1 rings (SSSR count). The number of nitrogens with two attached hydrogens (primary N) is 1. The minimum atomic E-state index is -0.258. The van der Waals surface area contributed by atoms with E-state index in [4.69, 9.17) is 10.5 Å². The van der Waals surface area contributed by atoms with E-state index >= 15 is 0 Å². The van der Waals surface area contributed by atoms with Crippen LogP contribution in [0.4, 0.5) is 5.69 Å². The molecule has 0 aliphatic heterocycles. The van der Waals surface area contributed by atoms with Crippen molar-refractivity contribution in [3.05, 3.63) is 24.0 Å². The zero-order chi connectivity index (χ0) is 13.5. The Hall–Kier alpha value is -1.62. The number of ether oxygens (including phenoxy) is 1. The van der Waals surface area contributed by atoms with Crippen LogP contribution in [0.3, 0.4) is 0 Å². The summed E-state index contributed by atoms with van der Waals surface area (Å²) in [7, 11) is 0. The van der Waals surface area contributed by atoms with Gasteiger partial charge in [0.2, 0.25) is 0 Å². The van der Waals surface area contributed by atoms with Gasteiger partial charge in [-0.2, -0.15) is 0 Å². The van der Waals surface area contributed by atoms with Crippen molar-refractivity contribution in [2.45, 2.75) is 26.8 Å². The van der Waals surface area contributed by atoms with Gasteiger partial charge in [-0.25, -0.2) is 4.98 Å². The molecule has 5 nitrogen and oxygen atoms in total. The van der Waals surface area contributed by atoms with Crippen LogP contribution >= 0.6 is 0 Å². The largest absolute Gasteiger partial charge is 0.397 e. The van der Waals surface area contributed by atoms with E-state index in [0.717, 1.165) is 0 Å². The van der Waals surface area contributed by atoms with Gasteiger partial charge in [0.1, 0.15) is 0 Å². The molecule has 1 unspecified atom stereocenters. The molecule has 1 amide bonds. The number of nitrogens with zero attached hydrogens (tertiary/aromatic N) is 1. The number of nitrogen functional groups attached to an aromatic ring is 1. The fourth-order valence-corrected chi connectivity index (χ4v) is 1.49. The summed E-state index contributed by atoms with van der Waals surface area (Å²) in [6.45, 7) is 7.12. The zero-order valence-electron chi connectivity index (χ0n) is 11.1. The van der Waals surface area contributed by atoms with Crippen LogP contribution in [0.5, 0.6) is 0 Å². The highest BCUT2D eigenvalue weighted by atomic mass is 16.5. The molecule has 1 heterocycles. The second-order valence-electron chi connectivity index (χ2n) is 4.42. The Kier molecular flexibility index (Phi) is 5.58. The summed E-state index contributed by atoms with van der Waals surface area (Å²) in [6, 6.07) is 3.32. The van der Waals surface area contributed by atoms with Crippen LogP contribution in [0, 0.1) is 5.92 Å². The van der Waals surface area contributed by atoms with E-state index in [1.54, 1.807) is 18.3 Å². The first-order valence-electron chi connectivity index (χ1n) is 6.15. The summed E-state index contributed by atoms with van der Waals surface area (Å²) in [4.78, 5) is 16.0. The molecule has 1 atom stereocenters. The fraction of sp³-hybridized carbons (Fsp3) is 0.538. The van der Waals surface area contributed by atoms with Crippen LogP contribution in [-0.2, 0) is 4.74 Å². The highest BCUT2D eigenvalue weighted by Gasteiger charge is 2.19. The van der Waals surface area contributed by atoms with Gasteiger partial charge in [0.25, 0.3) is 5.91 Å². The molecule has 1 aromatic rings. The van der Waals surface area contributed by atoms with E-state index < -0.39 is 0 Å². The average molecular weight is 251 g/mol. The number of amides is 1. The molecular formula is C13H21N3O2. The Labute approximate surface area is 108 Å². The molecule has 0 aliphatic rings. The first kappa shape index (κ1) is 14.4. The van der Waals surface area contributed by atoms with E-state index in [1.807, 2.05) is 20.8 Å². The number of pyridine rings is 1. The van der Waals surface area contributed by atoms with Gasteiger partial charge in [0.15, 0.2) is 5.69 Å². The molecule has 0 saturated heterocycles. The number of nitrogens with one attached hydrogen (secondary N) is 1. The Bertz CT molecular complexity index is 394. The molecule has 0 aromatic carbocycles. The van der Waals surface area contributed by atoms with E-state index in [9.17, 15) is 4.79 Å². The molecule has 0 aliphatic carbocycles. The number of hydrogen-bond donors (Lipinski definition) is 2. The van der Waals surface area contributed by atoms with Crippen LogP contribution in [0.1, 0.15) is 31.3 Å². The van der Waals surface area contributed by atoms with Gasteiger partial charge in [0.05, 0.1) is 18.3 Å². The van der Waals surface area contributed by atoms with E-state index in [2.05, 4.69) is 10.3 Å². The Morgan fingerprint density at radius 2 is 2.28 bits per heavy atom. The normalized spacial score (nSPS) is 12.4. The standard InChI is InChI=1S/C13H21N3O2/c1-4-18-8-11(9(2)3)16-13(17)12-10(14)6-5-7-15-12/h5-7,9,11H,4,8,14H2,1-3H3,(H,16,17). The van der Waals surface area contributed by atoms with Gasteiger partial charge in [-0.15, -0.1) is 0 Å². The molecule has 0 saturated carbocycles. The lowest BCUT2D eigenvalue weighted by Crippen LogP contribution is -2.42. The zero-order valence-corrected chi connectivity index (χ0v) is 11.1. The summed E-state index contributed by atoms with van der Waals surface area (Å²) < 4.78 is 5.36. The average Bonchev–Trinajstić information content (AvgIpc) is 2.34. The summed E-state index contributed by atoms with van der Waals surface area (Å²) >= 11 is 0. The molecule has 0 spiro atoms. The molecular weight excluding hydrogens is 230 g/mol. The molecule has 3 N–H and O–H groups in total. The highest BCUT2D eigenvalue weighted by molar-refractivity contribution is 5.97. The van der Waals surface area contributed by atoms with Gasteiger partial charge < -0.3 is 15.8 Å². The van der Waals surface area contributed by atoms with Crippen molar-refractivity contribution >= 4 is 11.6 Å². The van der Waals surface area contributed by atoms with Crippen LogP contribution in [0.25, 0.3) is 0 Å². The maximum atomic E-state index is 12.0. The van der Waals surface area contributed by atoms with Crippen molar-refractivity contribution < 1.29 is 9.53 Å². The number of carbonyl (C=O) groups is 1. The number of hydrogen-bond acceptors (Lipinski definition) is 4. The van der Waals surface area contributed by atoms with Gasteiger partial charge in [-0.3, -0.25) is 4.79 Å². The van der Waals surface area contributed by atoms with Crippen molar-refractivity contribution in [3.8, 4) is 0 Å². The summed E-state index contributed by atoms with van der Waals surface area (Å²) in [5, 5.41) is 2.90. The SMILES string of the molecule is CCOCC(NC(=O)c1ncccc1N)C(C)C. The topological polar surface area (TPSA) is 77.2 Å². The van der Waals surface area contributed by atoms with E-state index in [0.29, 0.717) is 18.9 Å². The predicted molar refractivity (Wildman–Crippen MR) is 71.2 cm³/mol. The van der Waals surface area contributed by atoms with Crippen molar-refractivity contribution in [3.63, 3.8) is 0 Å². The Morgan fingerprint density at radius 3 is 2.83 bits per heavy atom. The quantitative estimate of drug-likeness (QED) is 0.802. The summed E-state index contributed by atoms with van der Waals surface area (Å²) in [6.07, 6.45) is 1.55. The monoisotopic (exact) mass is 251 g/mol. The minimum Gasteiger partial charge on any atom is -0.397 e. The lowest BCUT2D eigenvalue weighted by Gasteiger charge is -2.22. The van der Waals surface area contributed by atoms with E-state index in [-0.39, 0.29) is 23.6 Å². The van der Waals surface area contributed by atoms with E-state index in [1.165, 1.54) is 0 Å². The molecule has 1 aromatic heterocycles. The van der Waals surface area contributed by atoms with Crippen molar-refractivity contribution in [2.75, 3.05) is 18.9 Å². The molecule has 0 fully saturated rings. The number of aromatic nitrogens is 1. The summed E-state index contributed by atoms with van der Waals surface area (Å²) in [5.74, 6) is 0.0249. The van der Waals surface area contributed by atoms with Crippen molar-refractivity contribution in [1.29, 1.82) is 0 Å². The maximum Gasteiger partial charge on any atom is 0.272 e.